The van der Waals surface area contributed by atoms with E-state index in [1.165, 1.54) is 0 Å². The number of rotatable bonds is 5. The molecule has 0 bridgehead atoms. The molecular weight excluding hydrogens is 330 g/mol. The van der Waals surface area contributed by atoms with E-state index in [0.29, 0.717) is 0 Å². The molecule has 1 amide bonds. The Labute approximate surface area is 132 Å². The second-order valence-corrected chi connectivity index (χ2v) is 5.43. The molecule has 2 rings (SSSR count). The van der Waals surface area contributed by atoms with Gasteiger partial charge in [0.2, 0.25) is 0 Å². The van der Waals surface area contributed by atoms with Gasteiger partial charge in [-0.2, -0.15) is 5.10 Å². The average molecular weight is 346 g/mol. The standard InChI is InChI=1S/C16H16BrN3O/c1-12-4-2-3-5-15(12)18-11-16(21)20-19-10-13-6-8-14(17)9-7-13/h2-10,18H,11H2,1H3,(H,20,21)/b19-10+. The molecule has 0 unspecified atom stereocenters. The smallest absolute Gasteiger partial charge is 0.259 e. The minimum atomic E-state index is -0.188. The Hall–Kier alpha value is -2.14. The fraction of sp³-hybridized carbons (Fsp3) is 0.125. The van der Waals surface area contributed by atoms with Gasteiger partial charge in [-0.3, -0.25) is 4.79 Å². The Morgan fingerprint density at radius 3 is 2.62 bits per heavy atom. The third kappa shape index (κ3) is 5.04. The SMILES string of the molecule is Cc1ccccc1NCC(=O)N/N=C/c1ccc(Br)cc1. The minimum Gasteiger partial charge on any atom is -0.376 e. The average Bonchev–Trinajstić information content (AvgIpc) is 2.48. The summed E-state index contributed by atoms with van der Waals surface area (Å²) in [6, 6.07) is 15.5. The van der Waals surface area contributed by atoms with E-state index in [-0.39, 0.29) is 12.5 Å². The quantitative estimate of drug-likeness (QED) is 0.645. The number of carbonyl (C=O) groups is 1. The molecule has 108 valence electrons. The molecule has 21 heavy (non-hydrogen) atoms. The number of hydrogen-bond acceptors (Lipinski definition) is 3. The maximum Gasteiger partial charge on any atom is 0.259 e. The van der Waals surface area contributed by atoms with Crippen LogP contribution in [-0.4, -0.2) is 18.7 Å². The second kappa shape index (κ2) is 7.59. The lowest BCUT2D eigenvalue weighted by Crippen LogP contribution is -2.26. The van der Waals surface area contributed by atoms with E-state index >= 15 is 0 Å². The zero-order chi connectivity index (χ0) is 15.1. The summed E-state index contributed by atoms with van der Waals surface area (Å²) in [7, 11) is 0. The number of aryl methyl sites for hydroxylation is 1. The summed E-state index contributed by atoms with van der Waals surface area (Å²) >= 11 is 3.36. The maximum atomic E-state index is 11.7. The monoisotopic (exact) mass is 345 g/mol. The van der Waals surface area contributed by atoms with Crippen molar-refractivity contribution in [1.29, 1.82) is 0 Å². The fourth-order valence-corrected chi connectivity index (χ4v) is 1.98. The van der Waals surface area contributed by atoms with E-state index in [0.717, 1.165) is 21.3 Å². The Morgan fingerprint density at radius 2 is 1.90 bits per heavy atom. The number of anilines is 1. The lowest BCUT2D eigenvalue weighted by atomic mass is 10.2. The molecule has 0 aliphatic carbocycles. The van der Waals surface area contributed by atoms with Gasteiger partial charge in [-0.1, -0.05) is 46.3 Å². The first-order valence-electron chi connectivity index (χ1n) is 6.52. The van der Waals surface area contributed by atoms with E-state index in [4.69, 9.17) is 0 Å². The molecule has 2 aromatic rings. The van der Waals surface area contributed by atoms with Crippen molar-refractivity contribution in [3.05, 3.63) is 64.1 Å². The van der Waals surface area contributed by atoms with E-state index in [1.807, 2.05) is 55.5 Å². The van der Waals surface area contributed by atoms with Crippen LogP contribution in [0, 0.1) is 6.92 Å². The molecule has 0 aliphatic heterocycles. The number of nitrogens with zero attached hydrogens (tertiary/aromatic N) is 1. The number of nitrogens with one attached hydrogen (secondary N) is 2. The molecule has 4 nitrogen and oxygen atoms in total. The molecule has 0 spiro atoms. The highest BCUT2D eigenvalue weighted by Crippen LogP contribution is 2.12. The van der Waals surface area contributed by atoms with Crippen LogP contribution in [0.3, 0.4) is 0 Å². The van der Waals surface area contributed by atoms with E-state index in [9.17, 15) is 4.79 Å². The largest absolute Gasteiger partial charge is 0.376 e. The molecule has 0 radical (unpaired) electrons. The molecule has 2 N–H and O–H groups in total. The van der Waals surface area contributed by atoms with E-state index in [2.05, 4.69) is 31.8 Å². The van der Waals surface area contributed by atoms with Crippen molar-refractivity contribution in [2.45, 2.75) is 6.92 Å². The van der Waals surface area contributed by atoms with Crippen molar-refractivity contribution in [3.63, 3.8) is 0 Å². The molecule has 0 fully saturated rings. The number of para-hydroxylation sites is 1. The molecule has 0 atom stereocenters. The predicted octanol–water partition coefficient (Wildman–Crippen LogP) is 3.32. The van der Waals surface area contributed by atoms with Crippen LogP contribution >= 0.6 is 15.9 Å². The van der Waals surface area contributed by atoms with Crippen LogP contribution in [0.25, 0.3) is 0 Å². The summed E-state index contributed by atoms with van der Waals surface area (Å²) in [5, 5.41) is 7.00. The molecule has 2 aromatic carbocycles. The predicted molar refractivity (Wildman–Crippen MR) is 89.5 cm³/mol. The van der Waals surface area contributed by atoms with Crippen molar-refractivity contribution in [2.75, 3.05) is 11.9 Å². The Morgan fingerprint density at radius 1 is 1.19 bits per heavy atom. The van der Waals surface area contributed by atoms with Gasteiger partial charge < -0.3 is 5.32 Å². The minimum absolute atomic E-state index is 0.183. The Balaban J connectivity index is 1.80. The van der Waals surface area contributed by atoms with Gasteiger partial charge in [0.05, 0.1) is 12.8 Å². The summed E-state index contributed by atoms with van der Waals surface area (Å²) in [6.07, 6.45) is 1.61. The molecule has 5 heteroatoms. The van der Waals surface area contributed by atoms with Gasteiger partial charge in [0.25, 0.3) is 5.91 Å². The van der Waals surface area contributed by atoms with Crippen molar-refractivity contribution in [2.24, 2.45) is 5.10 Å². The molecule has 0 heterocycles. The first kappa shape index (κ1) is 15.3. The Bertz CT molecular complexity index is 638. The van der Waals surface area contributed by atoms with Crippen molar-refractivity contribution >= 4 is 33.7 Å². The van der Waals surface area contributed by atoms with Crippen LogP contribution < -0.4 is 10.7 Å². The van der Waals surface area contributed by atoms with Crippen molar-refractivity contribution < 1.29 is 4.79 Å². The molecule has 0 aromatic heterocycles. The highest BCUT2D eigenvalue weighted by Gasteiger charge is 2.00. The third-order valence-electron chi connectivity index (χ3n) is 2.86. The lowest BCUT2D eigenvalue weighted by molar-refractivity contribution is -0.119. The van der Waals surface area contributed by atoms with Crippen LogP contribution in [0.5, 0.6) is 0 Å². The van der Waals surface area contributed by atoms with Crippen molar-refractivity contribution in [3.8, 4) is 0 Å². The highest BCUT2D eigenvalue weighted by molar-refractivity contribution is 9.10. The lowest BCUT2D eigenvalue weighted by Gasteiger charge is -2.07. The molecule has 0 saturated heterocycles. The number of hydrazone groups is 1. The fourth-order valence-electron chi connectivity index (χ4n) is 1.71. The van der Waals surface area contributed by atoms with Gasteiger partial charge in [0, 0.05) is 10.2 Å². The van der Waals surface area contributed by atoms with Gasteiger partial charge in [0.1, 0.15) is 0 Å². The number of halogens is 1. The third-order valence-corrected chi connectivity index (χ3v) is 3.39. The topological polar surface area (TPSA) is 53.5 Å². The normalized spacial score (nSPS) is 10.6. The highest BCUT2D eigenvalue weighted by atomic mass is 79.9. The Kier molecular flexibility index (Phi) is 5.51. The van der Waals surface area contributed by atoms with Crippen molar-refractivity contribution in [1.82, 2.24) is 5.43 Å². The molecular formula is C16H16BrN3O. The number of amides is 1. The summed E-state index contributed by atoms with van der Waals surface area (Å²) < 4.78 is 1.01. The van der Waals surface area contributed by atoms with Gasteiger partial charge in [-0.15, -0.1) is 0 Å². The van der Waals surface area contributed by atoms with E-state index < -0.39 is 0 Å². The number of carbonyl (C=O) groups excluding carboxylic acids is 1. The van der Waals surface area contributed by atoms with Crippen LogP contribution in [0.1, 0.15) is 11.1 Å². The van der Waals surface area contributed by atoms with Gasteiger partial charge in [0.15, 0.2) is 0 Å². The van der Waals surface area contributed by atoms with E-state index in [1.54, 1.807) is 6.21 Å². The number of hydrogen-bond donors (Lipinski definition) is 2. The first-order valence-corrected chi connectivity index (χ1v) is 7.31. The summed E-state index contributed by atoms with van der Waals surface area (Å²) in [6.45, 7) is 2.18. The molecule has 0 saturated carbocycles. The van der Waals surface area contributed by atoms with Crippen LogP contribution in [0.15, 0.2) is 58.1 Å². The zero-order valence-electron chi connectivity index (χ0n) is 11.6. The molecule has 0 aliphatic rings. The summed E-state index contributed by atoms with van der Waals surface area (Å²) in [5.41, 5.74) is 5.46. The van der Waals surface area contributed by atoms with Gasteiger partial charge >= 0.3 is 0 Å². The van der Waals surface area contributed by atoms with Crippen LogP contribution in [-0.2, 0) is 4.79 Å². The van der Waals surface area contributed by atoms with Gasteiger partial charge in [-0.05, 0) is 36.2 Å². The number of benzene rings is 2. The second-order valence-electron chi connectivity index (χ2n) is 4.51. The van der Waals surface area contributed by atoms with Crippen LogP contribution in [0.2, 0.25) is 0 Å². The first-order chi connectivity index (χ1) is 10.1. The van der Waals surface area contributed by atoms with Gasteiger partial charge in [-0.25, -0.2) is 5.43 Å². The summed E-state index contributed by atoms with van der Waals surface area (Å²) in [4.78, 5) is 11.7. The summed E-state index contributed by atoms with van der Waals surface area (Å²) in [5.74, 6) is -0.188. The zero-order valence-corrected chi connectivity index (χ0v) is 13.2. The maximum absolute atomic E-state index is 11.7. The van der Waals surface area contributed by atoms with Crippen LogP contribution in [0.4, 0.5) is 5.69 Å².